The monoisotopic (exact) mass is 256 g/mol. The van der Waals surface area contributed by atoms with E-state index >= 15 is 0 Å². The molecule has 0 amide bonds. The van der Waals surface area contributed by atoms with Crippen LogP contribution < -0.4 is 0 Å². The zero-order valence-electron chi connectivity index (χ0n) is 10.3. The van der Waals surface area contributed by atoms with Crippen LogP contribution in [0.5, 0.6) is 0 Å². The molecule has 96 valence electrons. The molecule has 0 heterocycles. The van der Waals surface area contributed by atoms with E-state index in [4.69, 9.17) is 9.84 Å². The van der Waals surface area contributed by atoms with Crippen LogP contribution in [0.1, 0.15) is 19.4 Å². The third kappa shape index (κ3) is 6.07. The first kappa shape index (κ1) is 14.5. The lowest BCUT2D eigenvalue weighted by Crippen LogP contribution is -2.20. The molecule has 0 radical (unpaired) electrons. The zero-order valence-corrected chi connectivity index (χ0v) is 11.1. The minimum Gasteiger partial charge on any atom is -0.392 e. The molecule has 0 aliphatic carbocycles. The lowest BCUT2D eigenvalue weighted by Gasteiger charge is -2.13. The van der Waals surface area contributed by atoms with Crippen molar-refractivity contribution in [1.82, 2.24) is 0 Å². The fraction of sp³-hybridized carbons (Fsp3) is 0.538. The van der Waals surface area contributed by atoms with Crippen molar-refractivity contribution in [2.45, 2.75) is 37.6 Å². The van der Waals surface area contributed by atoms with Gasteiger partial charge in [0.2, 0.25) is 0 Å². The van der Waals surface area contributed by atoms with Crippen LogP contribution in [-0.4, -0.2) is 34.8 Å². The first-order chi connectivity index (χ1) is 8.11. The average molecular weight is 256 g/mol. The first-order valence-corrected chi connectivity index (χ1v) is 6.72. The lowest BCUT2D eigenvalue weighted by molar-refractivity contribution is 0.0152. The standard InChI is InChI=1S/C13H20O3S/c1-10(2)16-8-12(15)9-17-13-5-3-4-11(6-13)7-14/h3-6,10,12,14-15H,7-9H2,1-2H3. The topological polar surface area (TPSA) is 49.7 Å². The molecule has 3 nitrogen and oxygen atoms in total. The highest BCUT2D eigenvalue weighted by Crippen LogP contribution is 2.20. The van der Waals surface area contributed by atoms with Crippen LogP contribution in [0.4, 0.5) is 0 Å². The van der Waals surface area contributed by atoms with Crippen LogP contribution in [0, 0.1) is 0 Å². The summed E-state index contributed by atoms with van der Waals surface area (Å²) < 4.78 is 5.33. The van der Waals surface area contributed by atoms with Crippen molar-refractivity contribution in [3.63, 3.8) is 0 Å². The highest BCUT2D eigenvalue weighted by Gasteiger charge is 2.06. The van der Waals surface area contributed by atoms with E-state index in [0.29, 0.717) is 12.4 Å². The van der Waals surface area contributed by atoms with E-state index in [2.05, 4.69) is 0 Å². The van der Waals surface area contributed by atoms with Crippen LogP contribution >= 0.6 is 11.8 Å². The summed E-state index contributed by atoms with van der Waals surface area (Å²) >= 11 is 1.57. The summed E-state index contributed by atoms with van der Waals surface area (Å²) in [5.41, 5.74) is 0.892. The van der Waals surface area contributed by atoms with Gasteiger partial charge < -0.3 is 14.9 Å². The van der Waals surface area contributed by atoms with Crippen LogP contribution in [0.2, 0.25) is 0 Å². The maximum atomic E-state index is 9.69. The highest BCUT2D eigenvalue weighted by atomic mass is 32.2. The van der Waals surface area contributed by atoms with Gasteiger partial charge in [-0.1, -0.05) is 12.1 Å². The number of benzene rings is 1. The molecule has 0 aliphatic rings. The Kier molecular flexibility index (Phi) is 6.58. The van der Waals surface area contributed by atoms with Crippen LogP contribution in [0.25, 0.3) is 0 Å². The summed E-state index contributed by atoms with van der Waals surface area (Å²) in [4.78, 5) is 1.06. The molecular weight excluding hydrogens is 236 g/mol. The Morgan fingerprint density at radius 1 is 1.35 bits per heavy atom. The smallest absolute Gasteiger partial charge is 0.0867 e. The number of aliphatic hydroxyl groups excluding tert-OH is 2. The molecule has 0 bridgehead atoms. The Bertz CT molecular complexity index is 328. The molecule has 0 fully saturated rings. The summed E-state index contributed by atoms with van der Waals surface area (Å²) in [6, 6.07) is 7.69. The third-order valence-electron chi connectivity index (χ3n) is 2.15. The molecule has 4 heteroatoms. The van der Waals surface area contributed by atoms with Gasteiger partial charge in [-0.25, -0.2) is 0 Å². The largest absolute Gasteiger partial charge is 0.392 e. The van der Waals surface area contributed by atoms with Crippen LogP contribution in [0.3, 0.4) is 0 Å². The van der Waals surface area contributed by atoms with E-state index in [-0.39, 0.29) is 12.7 Å². The third-order valence-corrected chi connectivity index (χ3v) is 3.28. The van der Waals surface area contributed by atoms with E-state index in [9.17, 15) is 5.11 Å². The predicted octanol–water partition coefficient (Wildman–Crippen LogP) is 2.06. The molecule has 1 rings (SSSR count). The van der Waals surface area contributed by atoms with Gasteiger partial charge in [-0.3, -0.25) is 0 Å². The first-order valence-electron chi connectivity index (χ1n) is 5.74. The van der Waals surface area contributed by atoms with Crippen molar-refractivity contribution in [3.8, 4) is 0 Å². The molecule has 1 unspecified atom stereocenters. The summed E-state index contributed by atoms with van der Waals surface area (Å²) in [5, 5.41) is 18.7. The van der Waals surface area contributed by atoms with E-state index in [1.807, 2.05) is 38.1 Å². The van der Waals surface area contributed by atoms with Crippen LogP contribution in [-0.2, 0) is 11.3 Å². The molecular formula is C13H20O3S. The quantitative estimate of drug-likeness (QED) is 0.733. The van der Waals surface area contributed by atoms with Gasteiger partial charge in [0.25, 0.3) is 0 Å². The lowest BCUT2D eigenvalue weighted by atomic mass is 10.2. The SMILES string of the molecule is CC(C)OCC(O)CSc1cccc(CO)c1. The van der Waals surface area contributed by atoms with Crippen molar-refractivity contribution in [2.24, 2.45) is 0 Å². The second-order valence-corrected chi connectivity index (χ2v) is 5.25. The summed E-state index contributed by atoms with van der Waals surface area (Å²) in [7, 11) is 0. The van der Waals surface area contributed by atoms with Crippen molar-refractivity contribution < 1.29 is 14.9 Å². The molecule has 17 heavy (non-hydrogen) atoms. The summed E-state index contributed by atoms with van der Waals surface area (Å²) in [6.07, 6.45) is -0.312. The summed E-state index contributed by atoms with van der Waals surface area (Å²) in [6.45, 7) is 4.31. The summed E-state index contributed by atoms with van der Waals surface area (Å²) in [5.74, 6) is 0.599. The van der Waals surface area contributed by atoms with Crippen LogP contribution in [0.15, 0.2) is 29.2 Å². The molecule has 0 saturated heterocycles. The fourth-order valence-corrected chi connectivity index (χ4v) is 2.17. The van der Waals surface area contributed by atoms with Crippen molar-refractivity contribution in [3.05, 3.63) is 29.8 Å². The van der Waals surface area contributed by atoms with Crippen molar-refractivity contribution >= 4 is 11.8 Å². The van der Waals surface area contributed by atoms with Crippen molar-refractivity contribution in [2.75, 3.05) is 12.4 Å². The molecule has 1 aromatic rings. The molecule has 1 aromatic carbocycles. The van der Waals surface area contributed by atoms with E-state index in [1.165, 1.54) is 0 Å². The van der Waals surface area contributed by atoms with Gasteiger partial charge in [-0.15, -0.1) is 11.8 Å². The maximum Gasteiger partial charge on any atom is 0.0867 e. The Hall–Kier alpha value is -0.550. The molecule has 0 aliphatic heterocycles. The van der Waals surface area contributed by atoms with E-state index < -0.39 is 6.10 Å². The molecule has 0 spiro atoms. The predicted molar refractivity (Wildman–Crippen MR) is 70.2 cm³/mol. The second kappa shape index (κ2) is 7.71. The van der Waals surface area contributed by atoms with Gasteiger partial charge >= 0.3 is 0 Å². The van der Waals surface area contributed by atoms with E-state index in [0.717, 1.165) is 10.5 Å². The molecule has 0 aromatic heterocycles. The van der Waals surface area contributed by atoms with Gasteiger partial charge in [0.05, 0.1) is 25.4 Å². The van der Waals surface area contributed by atoms with Gasteiger partial charge in [0.15, 0.2) is 0 Å². The van der Waals surface area contributed by atoms with Gasteiger partial charge in [0.1, 0.15) is 0 Å². The minimum atomic E-state index is -0.458. The molecule has 0 saturated carbocycles. The van der Waals surface area contributed by atoms with E-state index in [1.54, 1.807) is 11.8 Å². The normalized spacial score (nSPS) is 13.0. The Morgan fingerprint density at radius 2 is 2.12 bits per heavy atom. The van der Waals surface area contributed by atoms with Gasteiger partial charge in [0, 0.05) is 10.6 Å². The van der Waals surface area contributed by atoms with Gasteiger partial charge in [-0.2, -0.15) is 0 Å². The Labute approximate surface area is 107 Å². The second-order valence-electron chi connectivity index (χ2n) is 4.15. The number of thioether (sulfide) groups is 1. The number of rotatable bonds is 7. The number of hydrogen-bond donors (Lipinski definition) is 2. The molecule has 1 atom stereocenters. The number of ether oxygens (including phenoxy) is 1. The number of aliphatic hydroxyl groups is 2. The Morgan fingerprint density at radius 3 is 2.76 bits per heavy atom. The molecule has 2 N–H and O–H groups in total. The zero-order chi connectivity index (χ0) is 12.7. The Balaban J connectivity index is 2.33. The van der Waals surface area contributed by atoms with Crippen molar-refractivity contribution in [1.29, 1.82) is 0 Å². The highest BCUT2D eigenvalue weighted by molar-refractivity contribution is 7.99. The average Bonchev–Trinajstić information content (AvgIpc) is 2.34. The minimum absolute atomic E-state index is 0.0490. The maximum absolute atomic E-state index is 9.69. The number of hydrogen-bond acceptors (Lipinski definition) is 4. The van der Waals surface area contributed by atoms with Gasteiger partial charge in [-0.05, 0) is 31.5 Å². The fourth-order valence-electron chi connectivity index (χ4n) is 1.28.